The van der Waals surface area contributed by atoms with Crippen molar-refractivity contribution in [1.29, 1.82) is 0 Å². The van der Waals surface area contributed by atoms with Gasteiger partial charge in [0.2, 0.25) is 21.8 Å². The first-order valence-corrected chi connectivity index (χ1v) is 14.3. The minimum atomic E-state index is -3.61. The van der Waals surface area contributed by atoms with Gasteiger partial charge in [-0.1, -0.05) is 62.2 Å². The number of hydrogen-bond donors (Lipinski definition) is 1. The second-order valence-electron chi connectivity index (χ2n) is 9.61. The minimum absolute atomic E-state index is 0.102. The van der Waals surface area contributed by atoms with Crippen LogP contribution in [0.25, 0.3) is 0 Å². The monoisotopic (exact) mass is 513 g/mol. The minimum Gasteiger partial charge on any atom is -0.352 e. The Morgan fingerprint density at radius 3 is 2.31 bits per heavy atom. The number of rotatable bonds is 12. The van der Waals surface area contributed by atoms with Crippen molar-refractivity contribution in [3.05, 3.63) is 65.7 Å². The highest BCUT2D eigenvalue weighted by Gasteiger charge is 2.31. The number of amides is 2. The summed E-state index contributed by atoms with van der Waals surface area (Å²) in [5.74, 6) is -0.243. The molecule has 8 heteroatoms. The highest BCUT2D eigenvalue weighted by molar-refractivity contribution is 7.89. The Labute approximate surface area is 215 Å². The van der Waals surface area contributed by atoms with E-state index in [2.05, 4.69) is 5.32 Å². The van der Waals surface area contributed by atoms with Crippen LogP contribution in [0.1, 0.15) is 63.0 Å². The Kier molecular flexibility index (Phi) is 10.1. The Balaban J connectivity index is 1.70. The van der Waals surface area contributed by atoms with Crippen LogP contribution in [-0.2, 0) is 26.2 Å². The zero-order valence-corrected chi connectivity index (χ0v) is 22.5. The van der Waals surface area contributed by atoms with E-state index in [1.54, 1.807) is 35.2 Å². The number of hydrogen-bond acceptors (Lipinski definition) is 4. The van der Waals surface area contributed by atoms with Gasteiger partial charge in [0.1, 0.15) is 6.04 Å². The quantitative estimate of drug-likeness (QED) is 0.459. The van der Waals surface area contributed by atoms with E-state index in [4.69, 9.17) is 0 Å². The maximum absolute atomic E-state index is 13.5. The third-order valence-electron chi connectivity index (χ3n) is 7.00. The molecule has 2 amide bonds. The summed E-state index contributed by atoms with van der Waals surface area (Å²) < 4.78 is 26.9. The van der Waals surface area contributed by atoms with Crippen molar-refractivity contribution in [3.63, 3.8) is 0 Å². The molecule has 1 saturated carbocycles. The molecule has 2 aromatic carbocycles. The first-order chi connectivity index (χ1) is 17.2. The van der Waals surface area contributed by atoms with Crippen molar-refractivity contribution < 1.29 is 18.0 Å². The normalized spacial score (nSPS) is 15.1. The number of nitrogens with one attached hydrogen (secondary N) is 1. The lowest BCUT2D eigenvalue weighted by Gasteiger charge is -2.32. The van der Waals surface area contributed by atoms with E-state index >= 15 is 0 Å². The SMILES string of the molecule is CC[C@H](C(=O)NC1CCCC1)N(Cc1ccccc1C)C(=O)CCCN(C)S(=O)(=O)c1ccccc1. The summed E-state index contributed by atoms with van der Waals surface area (Å²) in [6, 6.07) is 15.8. The molecule has 196 valence electrons. The van der Waals surface area contributed by atoms with Gasteiger partial charge in [0.05, 0.1) is 4.90 Å². The van der Waals surface area contributed by atoms with Crippen molar-refractivity contribution in [2.75, 3.05) is 13.6 Å². The highest BCUT2D eigenvalue weighted by Crippen LogP contribution is 2.21. The molecule has 0 unspecified atom stereocenters. The van der Waals surface area contributed by atoms with Crippen LogP contribution >= 0.6 is 0 Å². The smallest absolute Gasteiger partial charge is 0.243 e. The van der Waals surface area contributed by atoms with Crippen molar-refractivity contribution in [2.45, 2.75) is 82.3 Å². The standard InChI is InChI=1S/C28H39N3O4S/c1-4-26(28(33)29-24-15-10-11-16-24)31(21-23-14-9-8-13-22(23)2)27(32)19-12-20-30(3)36(34,35)25-17-6-5-7-18-25/h5-9,13-14,17-18,24,26H,4,10-12,15-16,19-21H2,1-3H3,(H,29,33)/t26-/m1/s1. The van der Waals surface area contributed by atoms with Crippen LogP contribution < -0.4 is 5.32 Å². The predicted molar refractivity (Wildman–Crippen MR) is 142 cm³/mol. The van der Waals surface area contributed by atoms with Crippen molar-refractivity contribution >= 4 is 21.8 Å². The Bertz CT molecular complexity index is 1110. The average Bonchev–Trinajstić information content (AvgIpc) is 3.38. The molecule has 1 atom stereocenters. The summed E-state index contributed by atoms with van der Waals surface area (Å²) in [5.41, 5.74) is 2.07. The summed E-state index contributed by atoms with van der Waals surface area (Å²) in [4.78, 5) is 28.6. The molecule has 0 heterocycles. The molecule has 7 nitrogen and oxygen atoms in total. The first kappa shape index (κ1) is 27.9. The van der Waals surface area contributed by atoms with Gasteiger partial charge in [-0.15, -0.1) is 0 Å². The fourth-order valence-electron chi connectivity index (χ4n) is 4.75. The summed E-state index contributed by atoms with van der Waals surface area (Å²) in [6.07, 6.45) is 5.24. The van der Waals surface area contributed by atoms with E-state index in [9.17, 15) is 18.0 Å². The third-order valence-corrected chi connectivity index (χ3v) is 8.88. The molecule has 0 saturated heterocycles. The van der Waals surface area contributed by atoms with Gasteiger partial charge >= 0.3 is 0 Å². The molecular weight excluding hydrogens is 474 g/mol. The lowest BCUT2D eigenvalue weighted by atomic mass is 10.0. The van der Waals surface area contributed by atoms with Crippen molar-refractivity contribution in [3.8, 4) is 0 Å². The number of sulfonamides is 1. The van der Waals surface area contributed by atoms with Crippen LogP contribution in [0.15, 0.2) is 59.5 Å². The second kappa shape index (κ2) is 13.0. The van der Waals surface area contributed by atoms with Crippen molar-refractivity contribution in [2.24, 2.45) is 0 Å². The van der Waals surface area contributed by atoms with Crippen LogP contribution in [0.5, 0.6) is 0 Å². The zero-order valence-electron chi connectivity index (χ0n) is 21.7. The number of nitrogens with zero attached hydrogens (tertiary/aromatic N) is 2. The fraction of sp³-hybridized carbons (Fsp3) is 0.500. The lowest BCUT2D eigenvalue weighted by Crippen LogP contribution is -2.51. The number of carbonyl (C=O) groups is 2. The Morgan fingerprint density at radius 2 is 1.67 bits per heavy atom. The van der Waals surface area contributed by atoms with E-state index in [-0.39, 0.29) is 35.7 Å². The molecule has 2 aromatic rings. The maximum Gasteiger partial charge on any atom is 0.243 e. The number of benzene rings is 2. The molecular formula is C28H39N3O4S. The molecule has 0 aromatic heterocycles. The van der Waals surface area contributed by atoms with Crippen LogP contribution in [-0.4, -0.2) is 55.1 Å². The molecule has 3 rings (SSSR count). The predicted octanol–water partition coefficient (Wildman–Crippen LogP) is 4.26. The first-order valence-electron chi connectivity index (χ1n) is 12.9. The second-order valence-corrected chi connectivity index (χ2v) is 11.7. The van der Waals surface area contributed by atoms with E-state index in [0.29, 0.717) is 19.4 Å². The average molecular weight is 514 g/mol. The summed E-state index contributed by atoms with van der Waals surface area (Å²) in [5, 5.41) is 3.16. The fourth-order valence-corrected chi connectivity index (χ4v) is 5.98. The van der Waals surface area contributed by atoms with E-state index in [1.807, 2.05) is 38.1 Å². The molecule has 36 heavy (non-hydrogen) atoms. The molecule has 0 aliphatic heterocycles. The summed E-state index contributed by atoms with van der Waals surface area (Å²) >= 11 is 0. The van der Waals surface area contributed by atoms with Crippen LogP contribution in [0.4, 0.5) is 0 Å². The van der Waals surface area contributed by atoms with Gasteiger partial charge < -0.3 is 10.2 Å². The van der Waals surface area contributed by atoms with Crippen LogP contribution in [0.3, 0.4) is 0 Å². The maximum atomic E-state index is 13.5. The topological polar surface area (TPSA) is 86.8 Å². The van der Waals surface area contributed by atoms with E-state index in [0.717, 1.165) is 36.8 Å². The zero-order chi connectivity index (χ0) is 26.1. The van der Waals surface area contributed by atoms with Gasteiger partial charge in [0.15, 0.2) is 0 Å². The summed E-state index contributed by atoms with van der Waals surface area (Å²) in [7, 11) is -2.09. The molecule has 0 spiro atoms. The van der Waals surface area contributed by atoms with Gasteiger partial charge in [0, 0.05) is 32.6 Å². The highest BCUT2D eigenvalue weighted by atomic mass is 32.2. The Hall–Kier alpha value is -2.71. The van der Waals surface area contributed by atoms with Gasteiger partial charge in [-0.25, -0.2) is 12.7 Å². The third kappa shape index (κ3) is 7.17. The molecule has 0 bridgehead atoms. The summed E-state index contributed by atoms with van der Waals surface area (Å²) in [6.45, 7) is 4.49. The largest absolute Gasteiger partial charge is 0.352 e. The lowest BCUT2D eigenvalue weighted by molar-refractivity contribution is -0.141. The van der Waals surface area contributed by atoms with Gasteiger partial charge in [0.25, 0.3) is 0 Å². The Morgan fingerprint density at radius 1 is 1.03 bits per heavy atom. The van der Waals surface area contributed by atoms with E-state index < -0.39 is 16.1 Å². The number of aryl methyl sites for hydroxylation is 1. The van der Waals surface area contributed by atoms with Gasteiger partial charge in [-0.3, -0.25) is 9.59 Å². The van der Waals surface area contributed by atoms with Crippen LogP contribution in [0, 0.1) is 6.92 Å². The molecule has 1 aliphatic rings. The van der Waals surface area contributed by atoms with Crippen LogP contribution in [0.2, 0.25) is 0 Å². The molecule has 0 radical (unpaired) electrons. The molecule has 1 fully saturated rings. The molecule has 1 aliphatic carbocycles. The number of carbonyl (C=O) groups excluding carboxylic acids is 2. The molecule has 1 N–H and O–H groups in total. The van der Waals surface area contributed by atoms with E-state index in [1.165, 1.54) is 11.4 Å². The van der Waals surface area contributed by atoms with Crippen molar-refractivity contribution in [1.82, 2.24) is 14.5 Å². The van der Waals surface area contributed by atoms with Gasteiger partial charge in [-0.05, 0) is 55.9 Å². The van der Waals surface area contributed by atoms with Gasteiger partial charge in [-0.2, -0.15) is 0 Å².